The van der Waals surface area contributed by atoms with Crippen molar-refractivity contribution in [2.24, 2.45) is 5.92 Å². The van der Waals surface area contributed by atoms with Crippen molar-refractivity contribution in [2.45, 2.75) is 33.2 Å². The summed E-state index contributed by atoms with van der Waals surface area (Å²) in [5.41, 5.74) is 0. The Balaban J connectivity index is 2.57. The molecule has 1 aromatic rings. The van der Waals surface area contributed by atoms with Crippen LogP contribution in [0.1, 0.15) is 25.8 Å². The number of amides is 2. The second-order valence-electron chi connectivity index (χ2n) is 4.01. The maximum atomic E-state index is 11.6. The van der Waals surface area contributed by atoms with E-state index in [4.69, 9.17) is 5.11 Å². The van der Waals surface area contributed by atoms with Crippen LogP contribution in [0.5, 0.6) is 0 Å². The van der Waals surface area contributed by atoms with Crippen LogP contribution in [0, 0.1) is 5.92 Å². The van der Waals surface area contributed by atoms with Crippen molar-refractivity contribution >= 4 is 28.5 Å². The number of nitrogens with one attached hydrogen (secondary N) is 2. The zero-order chi connectivity index (χ0) is 13.7. The first-order chi connectivity index (χ1) is 8.43. The monoisotopic (exact) mass is 272 g/mol. The number of hydrogen-bond donors (Lipinski definition) is 3. The summed E-state index contributed by atoms with van der Waals surface area (Å²) < 4.78 is 0. The predicted octanol–water partition coefficient (Wildman–Crippen LogP) is 1.33. The van der Waals surface area contributed by atoms with Gasteiger partial charge in [0.15, 0.2) is 0 Å². The van der Waals surface area contributed by atoms with E-state index in [1.807, 2.05) is 6.92 Å². The average molecular weight is 272 g/mol. The highest BCUT2D eigenvalue weighted by Crippen LogP contribution is 2.15. The molecule has 3 N–H and O–H groups in total. The zero-order valence-corrected chi connectivity index (χ0v) is 11.2. The lowest BCUT2D eigenvalue weighted by Crippen LogP contribution is -2.46. The zero-order valence-electron chi connectivity index (χ0n) is 10.4. The van der Waals surface area contributed by atoms with Gasteiger partial charge >= 0.3 is 12.0 Å². The Labute approximate surface area is 109 Å². The molecule has 2 amide bonds. The topological polar surface area (TPSA) is 104 Å². The lowest BCUT2D eigenvalue weighted by atomic mass is 10.1. The maximum Gasteiger partial charge on any atom is 0.326 e. The van der Waals surface area contributed by atoms with Crippen molar-refractivity contribution in [3.63, 3.8) is 0 Å². The third kappa shape index (κ3) is 3.95. The summed E-state index contributed by atoms with van der Waals surface area (Å²) in [7, 11) is 0. The highest BCUT2D eigenvalue weighted by atomic mass is 32.1. The summed E-state index contributed by atoms with van der Waals surface area (Å²) in [5, 5.41) is 22.6. The third-order valence-electron chi connectivity index (χ3n) is 2.21. The first kappa shape index (κ1) is 14.4. The van der Waals surface area contributed by atoms with Gasteiger partial charge in [0.05, 0.1) is 0 Å². The summed E-state index contributed by atoms with van der Waals surface area (Å²) in [6.07, 6.45) is 0.741. The molecule has 7 nitrogen and oxygen atoms in total. The Morgan fingerprint density at radius 3 is 2.50 bits per heavy atom. The fraction of sp³-hybridized carbons (Fsp3) is 0.600. The molecule has 18 heavy (non-hydrogen) atoms. The SMILES string of the molecule is CCc1nnc(NC(=O)N[C@@H](C(=O)O)C(C)C)s1. The lowest BCUT2D eigenvalue weighted by Gasteiger charge is -2.17. The van der Waals surface area contributed by atoms with Crippen molar-refractivity contribution < 1.29 is 14.7 Å². The number of aliphatic carboxylic acids is 1. The molecule has 8 heteroatoms. The van der Waals surface area contributed by atoms with Crippen LogP contribution in [0.3, 0.4) is 0 Å². The second kappa shape index (κ2) is 6.29. The van der Waals surface area contributed by atoms with E-state index >= 15 is 0 Å². The quantitative estimate of drug-likeness (QED) is 0.750. The number of anilines is 1. The van der Waals surface area contributed by atoms with Gasteiger partial charge < -0.3 is 10.4 Å². The van der Waals surface area contributed by atoms with Gasteiger partial charge in [0, 0.05) is 0 Å². The van der Waals surface area contributed by atoms with E-state index in [1.54, 1.807) is 13.8 Å². The summed E-state index contributed by atoms with van der Waals surface area (Å²) in [5.74, 6) is -1.26. The van der Waals surface area contributed by atoms with E-state index in [9.17, 15) is 9.59 Å². The number of nitrogens with zero attached hydrogens (tertiary/aromatic N) is 2. The van der Waals surface area contributed by atoms with Crippen molar-refractivity contribution in [3.05, 3.63) is 5.01 Å². The van der Waals surface area contributed by atoms with Crippen LogP contribution < -0.4 is 10.6 Å². The number of carboxylic acids is 1. The van der Waals surface area contributed by atoms with E-state index in [0.29, 0.717) is 5.13 Å². The molecule has 0 aromatic carbocycles. The number of carboxylic acid groups (broad SMARTS) is 1. The summed E-state index contributed by atoms with van der Waals surface area (Å²) in [6, 6.07) is -1.52. The minimum atomic E-state index is -1.06. The highest BCUT2D eigenvalue weighted by Gasteiger charge is 2.23. The minimum Gasteiger partial charge on any atom is -0.480 e. The van der Waals surface area contributed by atoms with Crippen molar-refractivity contribution in [2.75, 3.05) is 5.32 Å². The van der Waals surface area contributed by atoms with Crippen molar-refractivity contribution in [3.8, 4) is 0 Å². The molecule has 0 fully saturated rings. The number of rotatable bonds is 5. The predicted molar refractivity (Wildman–Crippen MR) is 67.7 cm³/mol. The third-order valence-corrected chi connectivity index (χ3v) is 3.19. The van der Waals surface area contributed by atoms with Crippen molar-refractivity contribution in [1.82, 2.24) is 15.5 Å². The summed E-state index contributed by atoms with van der Waals surface area (Å²) in [6.45, 7) is 5.38. The molecule has 0 saturated carbocycles. The van der Waals surface area contributed by atoms with Gasteiger partial charge in [-0.2, -0.15) is 0 Å². The van der Waals surface area contributed by atoms with Crippen molar-refractivity contribution in [1.29, 1.82) is 0 Å². The Morgan fingerprint density at radius 2 is 2.06 bits per heavy atom. The first-order valence-electron chi connectivity index (χ1n) is 5.56. The van der Waals surface area contributed by atoms with Crippen LogP contribution in [0.4, 0.5) is 9.93 Å². The van der Waals surface area contributed by atoms with Gasteiger partial charge in [-0.25, -0.2) is 9.59 Å². The van der Waals surface area contributed by atoms with E-state index in [-0.39, 0.29) is 5.92 Å². The summed E-state index contributed by atoms with van der Waals surface area (Å²) in [4.78, 5) is 22.5. The maximum absolute atomic E-state index is 11.6. The molecule has 0 aliphatic heterocycles. The summed E-state index contributed by atoms with van der Waals surface area (Å²) >= 11 is 1.26. The van der Waals surface area contributed by atoms with Gasteiger partial charge in [-0.3, -0.25) is 5.32 Å². The average Bonchev–Trinajstić information content (AvgIpc) is 2.72. The Morgan fingerprint density at radius 1 is 1.39 bits per heavy atom. The Hall–Kier alpha value is -1.70. The first-order valence-corrected chi connectivity index (χ1v) is 6.38. The molecule has 100 valence electrons. The molecule has 1 rings (SSSR count). The molecule has 0 spiro atoms. The van der Waals surface area contributed by atoms with E-state index in [1.165, 1.54) is 11.3 Å². The largest absolute Gasteiger partial charge is 0.480 e. The van der Waals surface area contributed by atoms with Gasteiger partial charge in [-0.15, -0.1) is 10.2 Å². The molecule has 0 bridgehead atoms. The van der Waals surface area contributed by atoms with E-state index < -0.39 is 18.0 Å². The lowest BCUT2D eigenvalue weighted by molar-refractivity contribution is -0.140. The molecule has 0 aliphatic carbocycles. The molecule has 0 aliphatic rings. The number of urea groups is 1. The van der Waals surface area contributed by atoms with Gasteiger partial charge in [-0.05, 0) is 12.3 Å². The van der Waals surface area contributed by atoms with Crippen LogP contribution in [-0.4, -0.2) is 33.3 Å². The molecular formula is C10H16N4O3S. The van der Waals surface area contributed by atoms with Crippen LogP contribution in [0.25, 0.3) is 0 Å². The molecular weight excluding hydrogens is 256 g/mol. The smallest absolute Gasteiger partial charge is 0.326 e. The fourth-order valence-corrected chi connectivity index (χ4v) is 1.91. The number of carbonyl (C=O) groups is 2. The highest BCUT2D eigenvalue weighted by molar-refractivity contribution is 7.15. The van der Waals surface area contributed by atoms with Gasteiger partial charge in [-0.1, -0.05) is 32.1 Å². The Kier molecular flexibility index (Phi) is 5.02. The normalized spacial score (nSPS) is 12.2. The van der Waals surface area contributed by atoms with Crippen LogP contribution in [0.15, 0.2) is 0 Å². The minimum absolute atomic E-state index is 0.200. The fourth-order valence-electron chi connectivity index (χ4n) is 1.23. The Bertz CT molecular complexity index is 433. The van der Waals surface area contributed by atoms with Crippen LogP contribution in [-0.2, 0) is 11.2 Å². The van der Waals surface area contributed by atoms with Crippen LogP contribution >= 0.6 is 11.3 Å². The van der Waals surface area contributed by atoms with Gasteiger partial charge in [0.25, 0.3) is 0 Å². The molecule has 1 aromatic heterocycles. The molecule has 0 radical (unpaired) electrons. The van der Waals surface area contributed by atoms with Gasteiger partial charge in [0.1, 0.15) is 11.0 Å². The number of aromatic nitrogens is 2. The molecule has 0 unspecified atom stereocenters. The number of aryl methyl sites for hydroxylation is 1. The van der Waals surface area contributed by atoms with E-state index in [0.717, 1.165) is 11.4 Å². The van der Waals surface area contributed by atoms with Crippen LogP contribution in [0.2, 0.25) is 0 Å². The van der Waals surface area contributed by atoms with E-state index in [2.05, 4.69) is 20.8 Å². The molecule has 1 heterocycles. The van der Waals surface area contributed by atoms with Gasteiger partial charge in [0.2, 0.25) is 5.13 Å². The number of hydrogen-bond acceptors (Lipinski definition) is 5. The standard InChI is InChI=1S/C10H16N4O3S/c1-4-6-13-14-10(18-6)12-9(17)11-7(5(2)3)8(15)16/h5,7H,4H2,1-3H3,(H,15,16)(H2,11,12,14,17)/t7-/m1/s1. The second-order valence-corrected chi connectivity index (χ2v) is 5.07. The number of carbonyl (C=O) groups excluding carboxylic acids is 1. The molecule has 1 atom stereocenters. The molecule has 0 saturated heterocycles.